The number of likely N-dealkylation sites (N-methyl/N-ethyl adjacent to an activating group) is 1. The van der Waals surface area contributed by atoms with E-state index < -0.39 is 0 Å². The van der Waals surface area contributed by atoms with E-state index in [4.69, 9.17) is 4.74 Å². The summed E-state index contributed by atoms with van der Waals surface area (Å²) in [6, 6.07) is 6.96. The largest absolute Gasteiger partial charge is 0.383 e. The van der Waals surface area contributed by atoms with Crippen molar-refractivity contribution in [2.75, 3.05) is 38.8 Å². The van der Waals surface area contributed by atoms with E-state index in [0.29, 0.717) is 23.2 Å². The van der Waals surface area contributed by atoms with Crippen molar-refractivity contribution in [3.63, 3.8) is 0 Å². The molecule has 0 bridgehead atoms. The Morgan fingerprint density at radius 2 is 1.81 bits per heavy atom. The summed E-state index contributed by atoms with van der Waals surface area (Å²) in [5, 5.41) is 2.97. The number of amides is 1. The number of anilines is 1. The number of H-pyrrole nitrogens is 1. The van der Waals surface area contributed by atoms with Gasteiger partial charge in [0.05, 0.1) is 6.61 Å². The lowest BCUT2D eigenvalue weighted by molar-refractivity contribution is 0.0950. The van der Waals surface area contributed by atoms with Crippen LogP contribution in [0, 0.1) is 20.8 Å². The van der Waals surface area contributed by atoms with Crippen molar-refractivity contribution in [1.29, 1.82) is 0 Å². The van der Waals surface area contributed by atoms with E-state index >= 15 is 0 Å². The molecular formula is C28H41BrN4O3. The van der Waals surface area contributed by atoms with E-state index in [1.165, 1.54) is 0 Å². The highest BCUT2D eigenvalue weighted by Crippen LogP contribution is 2.34. The van der Waals surface area contributed by atoms with E-state index in [9.17, 15) is 9.59 Å². The average molecular weight is 562 g/mol. The first kappa shape index (κ1) is 28.4. The van der Waals surface area contributed by atoms with Gasteiger partial charge in [0.2, 0.25) is 0 Å². The van der Waals surface area contributed by atoms with Gasteiger partial charge in [0.25, 0.3) is 11.5 Å². The molecule has 1 amide bonds. The van der Waals surface area contributed by atoms with Crippen LogP contribution in [-0.2, 0) is 11.3 Å². The Hall–Kier alpha value is -2.16. The summed E-state index contributed by atoms with van der Waals surface area (Å²) in [5.74, 6) is -0.172. The molecular weight excluding hydrogens is 520 g/mol. The van der Waals surface area contributed by atoms with Gasteiger partial charge in [-0.05, 0) is 89.8 Å². The average Bonchev–Trinajstić information content (AvgIpc) is 2.84. The zero-order valence-electron chi connectivity index (χ0n) is 22.5. The van der Waals surface area contributed by atoms with Crippen molar-refractivity contribution in [1.82, 2.24) is 15.2 Å². The molecule has 1 saturated carbocycles. The smallest absolute Gasteiger partial charge is 0.253 e. The second-order valence-corrected chi connectivity index (χ2v) is 10.9. The zero-order chi connectivity index (χ0) is 26.4. The van der Waals surface area contributed by atoms with E-state index in [1.54, 1.807) is 7.11 Å². The van der Waals surface area contributed by atoms with Gasteiger partial charge in [-0.25, -0.2) is 0 Å². The molecule has 8 heteroatoms. The molecule has 1 heterocycles. The molecule has 1 aliphatic carbocycles. The Labute approximate surface area is 223 Å². The number of hydrogen-bond donors (Lipinski definition) is 2. The van der Waals surface area contributed by atoms with E-state index in [-0.39, 0.29) is 18.0 Å². The van der Waals surface area contributed by atoms with Gasteiger partial charge in [0, 0.05) is 65.8 Å². The number of carbonyl (C=O) groups excluding carboxylic acids is 1. The standard InChI is InChI=1S/C28H41BrN4O3/c1-7-33(23-10-8-22(9-11-23)32(5)12-13-36-6)26-16-21(29)15-24(20(26)4)27(34)30-17-25-18(2)14-19(3)31-28(25)35/h14-16,22-23H,7-13,17H2,1-6H3,(H,30,34)(H,31,35)/t22-,23-. The molecule has 3 rings (SSSR count). The van der Waals surface area contributed by atoms with Crippen LogP contribution in [0.1, 0.15) is 65.3 Å². The van der Waals surface area contributed by atoms with Crippen molar-refractivity contribution >= 4 is 27.5 Å². The maximum Gasteiger partial charge on any atom is 0.253 e. The van der Waals surface area contributed by atoms with E-state index in [0.717, 1.165) is 72.4 Å². The van der Waals surface area contributed by atoms with Crippen LogP contribution in [0.4, 0.5) is 5.69 Å². The third kappa shape index (κ3) is 6.78. The van der Waals surface area contributed by atoms with Crippen LogP contribution < -0.4 is 15.8 Å². The lowest BCUT2D eigenvalue weighted by atomic mass is 9.88. The number of methoxy groups -OCH3 is 1. The first-order valence-corrected chi connectivity index (χ1v) is 13.7. The fraction of sp³-hybridized carbons (Fsp3) is 0.571. The number of carbonyl (C=O) groups is 1. The van der Waals surface area contributed by atoms with Crippen LogP contribution in [-0.4, -0.2) is 61.7 Å². The number of benzene rings is 1. The third-order valence-corrected chi connectivity index (χ3v) is 8.00. The normalized spacial score (nSPS) is 17.9. The summed E-state index contributed by atoms with van der Waals surface area (Å²) in [6.07, 6.45) is 4.57. The van der Waals surface area contributed by atoms with E-state index in [1.807, 2.05) is 32.9 Å². The zero-order valence-corrected chi connectivity index (χ0v) is 24.1. The number of nitrogens with zero attached hydrogens (tertiary/aromatic N) is 2. The van der Waals surface area contributed by atoms with Crippen molar-refractivity contribution in [3.8, 4) is 0 Å². The molecule has 1 fully saturated rings. The highest BCUT2D eigenvalue weighted by molar-refractivity contribution is 9.10. The van der Waals surface area contributed by atoms with Crippen LogP contribution in [0.25, 0.3) is 0 Å². The van der Waals surface area contributed by atoms with Crippen molar-refractivity contribution in [2.45, 2.75) is 72.0 Å². The number of rotatable bonds is 10. The molecule has 1 aromatic carbocycles. The maximum absolute atomic E-state index is 13.2. The van der Waals surface area contributed by atoms with Gasteiger partial charge in [-0.15, -0.1) is 0 Å². The molecule has 0 radical (unpaired) electrons. The van der Waals surface area contributed by atoms with Crippen molar-refractivity contribution in [3.05, 3.63) is 61.0 Å². The van der Waals surface area contributed by atoms with Crippen LogP contribution in [0.2, 0.25) is 0 Å². The lowest BCUT2D eigenvalue weighted by Crippen LogP contribution is -2.44. The summed E-state index contributed by atoms with van der Waals surface area (Å²) in [4.78, 5) is 33.3. The second-order valence-electron chi connectivity index (χ2n) is 9.94. The van der Waals surface area contributed by atoms with Gasteiger partial charge in [-0.1, -0.05) is 15.9 Å². The van der Waals surface area contributed by atoms with E-state index in [2.05, 4.69) is 56.1 Å². The molecule has 1 aliphatic rings. The van der Waals surface area contributed by atoms with Crippen molar-refractivity contribution < 1.29 is 9.53 Å². The predicted octanol–water partition coefficient (Wildman–Crippen LogP) is 4.71. The summed E-state index contributed by atoms with van der Waals surface area (Å²) in [5.41, 5.74) is 4.82. The Morgan fingerprint density at radius 1 is 1.14 bits per heavy atom. The monoisotopic (exact) mass is 560 g/mol. The van der Waals surface area contributed by atoms with Gasteiger partial charge in [-0.3, -0.25) is 9.59 Å². The second kappa shape index (κ2) is 12.9. The quantitative estimate of drug-likeness (QED) is 0.440. The SMILES string of the molecule is CCN(c1cc(Br)cc(C(=O)NCc2c(C)cc(C)[nH]c2=O)c1C)[C@H]1CC[C@H](N(C)CCOC)CC1. The number of pyridine rings is 1. The number of aryl methyl sites for hydroxylation is 2. The topological polar surface area (TPSA) is 77.7 Å². The van der Waals surface area contributed by atoms with Gasteiger partial charge in [0.1, 0.15) is 0 Å². The van der Waals surface area contributed by atoms with Crippen LogP contribution in [0.15, 0.2) is 27.5 Å². The number of ether oxygens (including phenoxy) is 1. The number of aromatic nitrogens is 1. The fourth-order valence-electron chi connectivity index (χ4n) is 5.42. The number of hydrogen-bond acceptors (Lipinski definition) is 5. The first-order valence-electron chi connectivity index (χ1n) is 12.9. The predicted molar refractivity (Wildman–Crippen MR) is 150 cm³/mol. The van der Waals surface area contributed by atoms with Gasteiger partial charge < -0.3 is 24.8 Å². The maximum atomic E-state index is 13.2. The Morgan fingerprint density at radius 3 is 2.42 bits per heavy atom. The van der Waals surface area contributed by atoms with Crippen molar-refractivity contribution in [2.24, 2.45) is 0 Å². The summed E-state index contributed by atoms with van der Waals surface area (Å²) in [6.45, 7) is 10.8. The minimum absolute atomic E-state index is 0.153. The molecule has 7 nitrogen and oxygen atoms in total. The van der Waals surface area contributed by atoms with Gasteiger partial charge >= 0.3 is 0 Å². The molecule has 2 aromatic rings. The van der Waals surface area contributed by atoms with Crippen LogP contribution in [0.3, 0.4) is 0 Å². The molecule has 0 atom stereocenters. The highest BCUT2D eigenvalue weighted by Gasteiger charge is 2.29. The Bertz CT molecular complexity index is 1110. The lowest BCUT2D eigenvalue weighted by Gasteiger charge is -2.41. The van der Waals surface area contributed by atoms with Crippen LogP contribution in [0.5, 0.6) is 0 Å². The van der Waals surface area contributed by atoms with Gasteiger partial charge in [-0.2, -0.15) is 0 Å². The Balaban J connectivity index is 1.75. The molecule has 1 aromatic heterocycles. The van der Waals surface area contributed by atoms with Crippen LogP contribution >= 0.6 is 15.9 Å². The molecule has 0 aliphatic heterocycles. The summed E-state index contributed by atoms with van der Waals surface area (Å²) in [7, 11) is 3.94. The molecule has 2 N–H and O–H groups in total. The number of halogens is 1. The fourth-order valence-corrected chi connectivity index (χ4v) is 5.86. The molecule has 0 unspecified atom stereocenters. The molecule has 0 spiro atoms. The minimum Gasteiger partial charge on any atom is -0.383 e. The number of nitrogens with one attached hydrogen (secondary N) is 2. The third-order valence-electron chi connectivity index (χ3n) is 7.54. The Kier molecular flexibility index (Phi) is 10.2. The number of aromatic amines is 1. The minimum atomic E-state index is -0.172. The summed E-state index contributed by atoms with van der Waals surface area (Å²) >= 11 is 3.64. The first-order chi connectivity index (χ1) is 17.2. The molecule has 0 saturated heterocycles. The summed E-state index contributed by atoms with van der Waals surface area (Å²) < 4.78 is 6.13. The highest BCUT2D eigenvalue weighted by atomic mass is 79.9. The molecule has 198 valence electrons. The van der Waals surface area contributed by atoms with Gasteiger partial charge in [0.15, 0.2) is 0 Å². The molecule has 36 heavy (non-hydrogen) atoms.